The molecule has 3 rings (SSSR count). The smallest absolute Gasteiger partial charge is 0.233 e. The average molecular weight is 443 g/mol. The van der Waals surface area contributed by atoms with Crippen molar-refractivity contribution in [1.82, 2.24) is 9.80 Å². The molecule has 0 N–H and O–H groups in total. The quantitative estimate of drug-likeness (QED) is 0.702. The van der Waals surface area contributed by atoms with Crippen LogP contribution in [0.5, 0.6) is 0 Å². The van der Waals surface area contributed by atoms with E-state index < -0.39 is 9.84 Å². The number of hydrogen-bond donors (Lipinski definition) is 0. The van der Waals surface area contributed by atoms with Crippen molar-refractivity contribution in [2.75, 3.05) is 44.7 Å². The lowest BCUT2D eigenvalue weighted by molar-refractivity contribution is -0.139. The Bertz CT molecular complexity index is 735. The minimum atomic E-state index is -2.94. The van der Waals surface area contributed by atoms with E-state index in [4.69, 9.17) is 0 Å². The molecule has 0 unspecified atom stereocenters. The molecule has 144 valence electrons. The fourth-order valence-corrected chi connectivity index (χ4v) is 5.00. The monoisotopic (exact) mass is 442 g/mol. The third kappa shape index (κ3) is 4.49. The van der Waals surface area contributed by atoms with E-state index in [0.29, 0.717) is 19.6 Å². The lowest BCUT2D eigenvalue weighted by Crippen LogP contribution is -2.54. The molecule has 26 heavy (non-hydrogen) atoms. The van der Waals surface area contributed by atoms with E-state index >= 15 is 0 Å². The SMILES string of the molecule is CS(=O)(=O)CCN1CCN(C(=O)C2(c3ccc(Br)cc3)CCCC2)CC1. The van der Waals surface area contributed by atoms with Gasteiger partial charge in [0.25, 0.3) is 0 Å². The zero-order valence-electron chi connectivity index (χ0n) is 15.3. The van der Waals surface area contributed by atoms with Gasteiger partial charge in [0.15, 0.2) is 0 Å². The van der Waals surface area contributed by atoms with Crippen LogP contribution < -0.4 is 0 Å². The van der Waals surface area contributed by atoms with Crippen molar-refractivity contribution in [1.29, 1.82) is 0 Å². The molecule has 1 saturated carbocycles. The molecule has 0 bridgehead atoms. The first kappa shape index (κ1) is 19.8. The summed E-state index contributed by atoms with van der Waals surface area (Å²) in [5.74, 6) is 0.434. The molecule has 7 heteroatoms. The predicted molar refractivity (Wildman–Crippen MR) is 107 cm³/mol. The van der Waals surface area contributed by atoms with Crippen molar-refractivity contribution in [3.63, 3.8) is 0 Å². The highest BCUT2D eigenvalue weighted by Crippen LogP contribution is 2.43. The highest BCUT2D eigenvalue weighted by molar-refractivity contribution is 9.10. The van der Waals surface area contributed by atoms with Crippen LogP contribution in [0.2, 0.25) is 0 Å². The van der Waals surface area contributed by atoms with Gasteiger partial charge in [-0.1, -0.05) is 40.9 Å². The number of sulfone groups is 1. The minimum absolute atomic E-state index is 0.184. The molecule has 1 aromatic rings. The van der Waals surface area contributed by atoms with E-state index in [-0.39, 0.29) is 17.1 Å². The number of rotatable bonds is 5. The number of carbonyl (C=O) groups excluding carboxylic acids is 1. The van der Waals surface area contributed by atoms with Crippen molar-refractivity contribution < 1.29 is 13.2 Å². The number of benzene rings is 1. The molecular formula is C19H27BrN2O3S. The summed E-state index contributed by atoms with van der Waals surface area (Å²) in [6.45, 7) is 3.41. The Labute approximate surface area is 164 Å². The van der Waals surface area contributed by atoms with Gasteiger partial charge in [-0.25, -0.2) is 8.42 Å². The Balaban J connectivity index is 1.67. The van der Waals surface area contributed by atoms with Crippen LogP contribution >= 0.6 is 15.9 Å². The van der Waals surface area contributed by atoms with Crippen LogP contribution in [-0.4, -0.2) is 68.9 Å². The molecule has 0 aromatic heterocycles. The molecule has 1 heterocycles. The van der Waals surface area contributed by atoms with Gasteiger partial charge >= 0.3 is 0 Å². The van der Waals surface area contributed by atoms with Gasteiger partial charge in [-0.05, 0) is 30.5 Å². The third-order valence-electron chi connectivity index (χ3n) is 5.70. The van der Waals surface area contributed by atoms with Crippen LogP contribution in [0.15, 0.2) is 28.7 Å². The Kier molecular flexibility index (Phi) is 6.09. The van der Waals surface area contributed by atoms with E-state index in [2.05, 4.69) is 33.0 Å². The van der Waals surface area contributed by atoms with Crippen molar-refractivity contribution in [2.24, 2.45) is 0 Å². The normalized spacial score (nSPS) is 21.1. The summed E-state index contributed by atoms with van der Waals surface area (Å²) in [5.41, 5.74) is 0.748. The molecule has 0 atom stereocenters. The zero-order chi connectivity index (χ0) is 18.8. The molecule has 1 aromatic carbocycles. The van der Waals surface area contributed by atoms with E-state index in [9.17, 15) is 13.2 Å². The highest BCUT2D eigenvalue weighted by Gasteiger charge is 2.45. The Morgan fingerprint density at radius 1 is 1.08 bits per heavy atom. The molecular weight excluding hydrogens is 416 g/mol. The van der Waals surface area contributed by atoms with Crippen LogP contribution in [0.3, 0.4) is 0 Å². The molecule has 1 aliphatic carbocycles. The largest absolute Gasteiger partial charge is 0.339 e. The van der Waals surface area contributed by atoms with E-state index in [1.54, 1.807) is 0 Å². The Hall–Kier alpha value is -0.920. The number of nitrogens with zero attached hydrogens (tertiary/aromatic N) is 2. The third-order valence-corrected chi connectivity index (χ3v) is 7.15. The van der Waals surface area contributed by atoms with Crippen molar-refractivity contribution in [3.05, 3.63) is 34.3 Å². The van der Waals surface area contributed by atoms with Crippen LogP contribution in [0.4, 0.5) is 0 Å². The second kappa shape index (κ2) is 7.98. The van der Waals surface area contributed by atoms with Gasteiger partial charge in [-0.15, -0.1) is 0 Å². The van der Waals surface area contributed by atoms with Crippen LogP contribution in [-0.2, 0) is 20.0 Å². The fraction of sp³-hybridized carbons (Fsp3) is 0.632. The summed E-state index contributed by atoms with van der Waals surface area (Å²) in [5, 5.41) is 0. The summed E-state index contributed by atoms with van der Waals surface area (Å²) in [6, 6.07) is 8.20. The van der Waals surface area contributed by atoms with Crippen molar-refractivity contribution >= 4 is 31.7 Å². The molecule has 1 saturated heterocycles. The van der Waals surface area contributed by atoms with Crippen molar-refractivity contribution in [2.45, 2.75) is 31.1 Å². The maximum atomic E-state index is 13.4. The van der Waals surface area contributed by atoms with Crippen LogP contribution in [0.1, 0.15) is 31.2 Å². The van der Waals surface area contributed by atoms with E-state index in [1.807, 2.05) is 17.0 Å². The van der Waals surface area contributed by atoms with Gasteiger partial charge in [-0.3, -0.25) is 9.69 Å². The van der Waals surface area contributed by atoms with Gasteiger partial charge in [0.1, 0.15) is 9.84 Å². The molecule has 1 amide bonds. The first-order chi connectivity index (χ1) is 12.3. The highest BCUT2D eigenvalue weighted by atomic mass is 79.9. The topological polar surface area (TPSA) is 57.7 Å². The van der Waals surface area contributed by atoms with Gasteiger partial charge in [0.2, 0.25) is 5.91 Å². The molecule has 2 aliphatic rings. The fourth-order valence-electron chi connectivity index (χ4n) is 4.15. The summed E-state index contributed by atoms with van der Waals surface area (Å²) in [6.07, 6.45) is 5.30. The summed E-state index contributed by atoms with van der Waals surface area (Å²) in [7, 11) is -2.94. The summed E-state index contributed by atoms with van der Waals surface area (Å²) in [4.78, 5) is 17.6. The molecule has 2 fully saturated rings. The zero-order valence-corrected chi connectivity index (χ0v) is 17.7. The number of amides is 1. The lowest BCUT2D eigenvalue weighted by Gasteiger charge is -2.40. The molecule has 0 spiro atoms. The summed E-state index contributed by atoms with van der Waals surface area (Å²) >= 11 is 3.48. The number of carbonyl (C=O) groups is 1. The average Bonchev–Trinajstić information content (AvgIpc) is 3.11. The number of halogens is 1. The maximum absolute atomic E-state index is 13.4. The molecule has 1 aliphatic heterocycles. The van der Waals surface area contributed by atoms with E-state index in [1.165, 1.54) is 6.26 Å². The standard InChI is InChI=1S/C19H27BrN2O3S/c1-26(24,25)15-14-21-10-12-22(13-11-21)18(23)19(8-2-3-9-19)16-4-6-17(20)7-5-16/h4-7H,2-3,8-15H2,1H3. The van der Waals surface area contributed by atoms with Gasteiger partial charge < -0.3 is 4.90 Å². The van der Waals surface area contributed by atoms with Crippen LogP contribution in [0, 0.1) is 0 Å². The van der Waals surface area contributed by atoms with Gasteiger partial charge in [-0.2, -0.15) is 0 Å². The summed E-state index contributed by atoms with van der Waals surface area (Å²) < 4.78 is 23.7. The van der Waals surface area contributed by atoms with Crippen LogP contribution in [0.25, 0.3) is 0 Å². The lowest BCUT2D eigenvalue weighted by atomic mass is 9.77. The predicted octanol–water partition coefficient (Wildman–Crippen LogP) is 2.45. The minimum Gasteiger partial charge on any atom is -0.339 e. The van der Waals surface area contributed by atoms with Gasteiger partial charge in [0.05, 0.1) is 11.2 Å². The second-order valence-corrected chi connectivity index (χ2v) is 10.7. The Morgan fingerprint density at radius 3 is 2.19 bits per heavy atom. The number of hydrogen-bond acceptors (Lipinski definition) is 4. The first-order valence-electron chi connectivity index (χ1n) is 9.26. The second-order valence-electron chi connectivity index (χ2n) is 7.56. The molecule has 5 nitrogen and oxygen atoms in total. The maximum Gasteiger partial charge on any atom is 0.233 e. The van der Waals surface area contributed by atoms with E-state index in [0.717, 1.165) is 48.8 Å². The Morgan fingerprint density at radius 2 is 1.65 bits per heavy atom. The number of piperazine rings is 1. The van der Waals surface area contributed by atoms with Gasteiger partial charge in [0, 0.05) is 43.5 Å². The first-order valence-corrected chi connectivity index (χ1v) is 12.1. The molecule has 0 radical (unpaired) electrons. The van der Waals surface area contributed by atoms with Crippen molar-refractivity contribution in [3.8, 4) is 0 Å².